The summed E-state index contributed by atoms with van der Waals surface area (Å²) in [4.78, 5) is 8.42. The fraction of sp³-hybridized carbons (Fsp3) is 0.176. The molecule has 0 saturated heterocycles. The second-order valence-corrected chi connectivity index (χ2v) is 7.26. The maximum absolute atomic E-state index is 12.2. The van der Waals surface area contributed by atoms with Crippen LogP contribution in [0.4, 0.5) is 0 Å². The molecule has 0 aliphatic rings. The zero-order chi connectivity index (χ0) is 16.3. The van der Waals surface area contributed by atoms with Crippen molar-refractivity contribution in [2.24, 2.45) is 0 Å². The first kappa shape index (κ1) is 15.6. The summed E-state index contributed by atoms with van der Waals surface area (Å²) < 4.78 is 27.1. The molecule has 0 unspecified atom stereocenters. The van der Waals surface area contributed by atoms with E-state index in [4.69, 9.17) is 0 Å². The van der Waals surface area contributed by atoms with Crippen LogP contribution in [-0.4, -0.2) is 18.4 Å². The third-order valence-electron chi connectivity index (χ3n) is 3.47. The number of hydrogen-bond donors (Lipinski definition) is 1. The van der Waals surface area contributed by atoms with Gasteiger partial charge in [0.05, 0.1) is 16.8 Å². The second-order valence-electron chi connectivity index (χ2n) is 5.45. The summed E-state index contributed by atoms with van der Waals surface area (Å²) in [7, 11) is -3.39. The van der Waals surface area contributed by atoms with E-state index in [0.717, 1.165) is 27.7 Å². The van der Waals surface area contributed by atoms with Crippen LogP contribution < -0.4 is 4.72 Å². The molecule has 0 spiro atoms. The summed E-state index contributed by atoms with van der Waals surface area (Å²) >= 11 is 0. The molecule has 0 bridgehead atoms. The van der Waals surface area contributed by atoms with Gasteiger partial charge in [0, 0.05) is 18.9 Å². The lowest BCUT2D eigenvalue weighted by Crippen LogP contribution is -2.24. The van der Waals surface area contributed by atoms with Crippen molar-refractivity contribution >= 4 is 21.1 Å². The molecule has 0 atom stereocenters. The predicted octanol–water partition coefficient (Wildman–Crippen LogP) is 2.56. The van der Waals surface area contributed by atoms with Crippen LogP contribution in [-0.2, 0) is 22.3 Å². The molecule has 118 valence electrons. The zero-order valence-corrected chi connectivity index (χ0v) is 13.5. The van der Waals surface area contributed by atoms with Crippen molar-refractivity contribution in [3.63, 3.8) is 0 Å². The second kappa shape index (κ2) is 6.44. The molecule has 1 N–H and O–H groups in total. The molecule has 0 aliphatic carbocycles. The summed E-state index contributed by atoms with van der Waals surface area (Å²) in [5.74, 6) is -0.0257. The van der Waals surface area contributed by atoms with E-state index in [1.165, 1.54) is 0 Å². The van der Waals surface area contributed by atoms with Crippen LogP contribution in [0.3, 0.4) is 0 Å². The molecule has 2 aromatic carbocycles. The maximum Gasteiger partial charge on any atom is 0.216 e. The Morgan fingerprint density at radius 1 is 0.957 bits per heavy atom. The van der Waals surface area contributed by atoms with Crippen LogP contribution in [0.2, 0.25) is 0 Å². The number of rotatable bonds is 5. The van der Waals surface area contributed by atoms with Gasteiger partial charge in [0.25, 0.3) is 0 Å². The summed E-state index contributed by atoms with van der Waals surface area (Å²) in [6, 6.07) is 13.0. The van der Waals surface area contributed by atoms with E-state index >= 15 is 0 Å². The van der Waals surface area contributed by atoms with Crippen molar-refractivity contribution in [2.45, 2.75) is 19.2 Å². The van der Waals surface area contributed by atoms with Crippen LogP contribution in [0, 0.1) is 6.92 Å². The largest absolute Gasteiger partial charge is 0.253 e. The average molecular weight is 327 g/mol. The normalized spacial score (nSPS) is 11.7. The van der Waals surface area contributed by atoms with Gasteiger partial charge in [-0.05, 0) is 30.2 Å². The number of nitrogens with zero attached hydrogens (tertiary/aromatic N) is 2. The van der Waals surface area contributed by atoms with Crippen molar-refractivity contribution < 1.29 is 8.42 Å². The van der Waals surface area contributed by atoms with E-state index in [2.05, 4.69) is 14.7 Å². The lowest BCUT2D eigenvalue weighted by molar-refractivity contribution is 0.580. The Kier molecular flexibility index (Phi) is 4.36. The first-order valence-electron chi connectivity index (χ1n) is 7.24. The molecule has 0 fully saturated rings. The Bertz CT molecular complexity index is 939. The highest BCUT2D eigenvalue weighted by atomic mass is 32.2. The van der Waals surface area contributed by atoms with Crippen molar-refractivity contribution in [1.82, 2.24) is 14.7 Å². The minimum Gasteiger partial charge on any atom is -0.253 e. The number of nitrogens with one attached hydrogen (secondary N) is 1. The predicted molar refractivity (Wildman–Crippen MR) is 90.2 cm³/mol. The molecule has 23 heavy (non-hydrogen) atoms. The number of hydrogen-bond acceptors (Lipinski definition) is 4. The summed E-state index contributed by atoms with van der Waals surface area (Å²) in [6.45, 7) is 2.18. The van der Waals surface area contributed by atoms with Crippen molar-refractivity contribution in [3.8, 4) is 0 Å². The lowest BCUT2D eigenvalue weighted by Gasteiger charge is -2.08. The number of benzene rings is 2. The molecule has 0 aliphatic heterocycles. The summed E-state index contributed by atoms with van der Waals surface area (Å²) in [6.07, 6.45) is 3.25. The Hall–Kier alpha value is -2.31. The molecule has 1 heterocycles. The van der Waals surface area contributed by atoms with E-state index in [-0.39, 0.29) is 12.3 Å². The molecule has 0 amide bonds. The highest BCUT2D eigenvalue weighted by molar-refractivity contribution is 7.88. The molecule has 5 nitrogen and oxygen atoms in total. The fourth-order valence-electron chi connectivity index (χ4n) is 2.38. The van der Waals surface area contributed by atoms with Gasteiger partial charge in [0.2, 0.25) is 10.0 Å². The number of aryl methyl sites for hydroxylation is 1. The van der Waals surface area contributed by atoms with Gasteiger partial charge in [0.15, 0.2) is 0 Å². The van der Waals surface area contributed by atoms with Gasteiger partial charge >= 0.3 is 0 Å². The zero-order valence-electron chi connectivity index (χ0n) is 12.7. The Morgan fingerprint density at radius 2 is 1.74 bits per heavy atom. The molecule has 1 aromatic heterocycles. The van der Waals surface area contributed by atoms with Crippen LogP contribution >= 0.6 is 0 Å². The Morgan fingerprint density at radius 3 is 2.52 bits per heavy atom. The van der Waals surface area contributed by atoms with Crippen LogP contribution in [0.25, 0.3) is 11.0 Å². The number of fused-ring (bicyclic) bond motifs is 1. The van der Waals surface area contributed by atoms with Crippen LogP contribution in [0.5, 0.6) is 0 Å². The molecule has 3 aromatic rings. The van der Waals surface area contributed by atoms with Gasteiger partial charge in [0.1, 0.15) is 0 Å². The molecular formula is C17H17N3O2S. The molecule has 0 radical (unpaired) electrons. The monoisotopic (exact) mass is 327 g/mol. The van der Waals surface area contributed by atoms with E-state index < -0.39 is 10.0 Å². The first-order chi connectivity index (χ1) is 11.0. The molecule has 0 saturated carbocycles. The minimum absolute atomic E-state index is 0.0257. The lowest BCUT2D eigenvalue weighted by atomic mass is 10.2. The molecule has 3 rings (SSSR count). The molecular weight excluding hydrogens is 310 g/mol. The number of sulfonamides is 1. The topological polar surface area (TPSA) is 72.0 Å². The van der Waals surface area contributed by atoms with E-state index in [1.807, 2.05) is 49.4 Å². The van der Waals surface area contributed by atoms with Crippen molar-refractivity contribution in [2.75, 3.05) is 0 Å². The quantitative estimate of drug-likeness (QED) is 0.782. The summed E-state index contributed by atoms with van der Waals surface area (Å²) in [5, 5.41) is 0. The summed E-state index contributed by atoms with van der Waals surface area (Å²) in [5.41, 5.74) is 4.22. The third kappa shape index (κ3) is 4.12. The van der Waals surface area contributed by atoms with Gasteiger partial charge in [-0.1, -0.05) is 35.9 Å². The highest BCUT2D eigenvalue weighted by Gasteiger charge is 2.11. The van der Waals surface area contributed by atoms with Gasteiger partial charge in [-0.15, -0.1) is 0 Å². The van der Waals surface area contributed by atoms with Crippen molar-refractivity contribution in [1.29, 1.82) is 0 Å². The third-order valence-corrected chi connectivity index (χ3v) is 4.77. The Balaban J connectivity index is 1.70. The van der Waals surface area contributed by atoms with Gasteiger partial charge < -0.3 is 0 Å². The van der Waals surface area contributed by atoms with Gasteiger partial charge in [-0.25, -0.2) is 13.1 Å². The number of aromatic nitrogens is 2. The highest BCUT2D eigenvalue weighted by Crippen LogP contribution is 2.12. The van der Waals surface area contributed by atoms with Gasteiger partial charge in [-0.3, -0.25) is 9.97 Å². The van der Waals surface area contributed by atoms with E-state index in [9.17, 15) is 8.42 Å². The fourth-order valence-corrected chi connectivity index (χ4v) is 3.49. The maximum atomic E-state index is 12.2. The van der Waals surface area contributed by atoms with E-state index in [0.29, 0.717) is 0 Å². The SMILES string of the molecule is Cc1cccc(CS(=O)(=O)NCc2ccc3nccnc3c2)c1. The average Bonchev–Trinajstić information content (AvgIpc) is 2.52. The Labute approximate surface area is 135 Å². The van der Waals surface area contributed by atoms with Crippen LogP contribution in [0.15, 0.2) is 54.9 Å². The van der Waals surface area contributed by atoms with Gasteiger partial charge in [-0.2, -0.15) is 0 Å². The smallest absolute Gasteiger partial charge is 0.216 e. The first-order valence-corrected chi connectivity index (χ1v) is 8.90. The molecule has 6 heteroatoms. The van der Waals surface area contributed by atoms with E-state index in [1.54, 1.807) is 12.4 Å². The standard InChI is InChI=1S/C17H17N3O2S/c1-13-3-2-4-15(9-13)12-23(21,22)20-11-14-5-6-16-17(10-14)19-8-7-18-16/h2-10,20H,11-12H2,1H3. The minimum atomic E-state index is -3.39. The van der Waals surface area contributed by atoms with Crippen molar-refractivity contribution in [3.05, 3.63) is 71.5 Å². The van der Waals surface area contributed by atoms with Crippen LogP contribution in [0.1, 0.15) is 16.7 Å².